The Labute approximate surface area is 167 Å². The lowest BCUT2D eigenvalue weighted by molar-refractivity contribution is 0.00552. The van der Waals surface area contributed by atoms with Gasteiger partial charge in [0.05, 0.1) is 19.3 Å². The van der Waals surface area contributed by atoms with Gasteiger partial charge >= 0.3 is 0 Å². The zero-order chi connectivity index (χ0) is 18.5. The number of halogens is 1. The number of piperidine rings is 1. The summed E-state index contributed by atoms with van der Waals surface area (Å²) in [4.78, 5) is 6.95. The van der Waals surface area contributed by atoms with E-state index < -0.39 is 0 Å². The van der Waals surface area contributed by atoms with Gasteiger partial charge in [0.15, 0.2) is 10.5 Å². The Bertz CT molecular complexity index is 705. The SMILES string of the molecule is Brc1ccc(CN2CCC(OCCc3noc(C4CCOCC4)n3)CC2)o1. The van der Waals surface area contributed by atoms with Gasteiger partial charge in [-0.3, -0.25) is 4.90 Å². The molecule has 7 nitrogen and oxygen atoms in total. The van der Waals surface area contributed by atoms with Crippen molar-refractivity contribution in [1.82, 2.24) is 15.0 Å². The summed E-state index contributed by atoms with van der Waals surface area (Å²) in [6.45, 7) is 5.11. The molecule has 2 saturated heterocycles. The molecular weight excluding hydrogens is 414 g/mol. The molecule has 0 bridgehead atoms. The van der Waals surface area contributed by atoms with Crippen LogP contribution in [0.3, 0.4) is 0 Å². The normalized spacial score (nSPS) is 20.3. The molecule has 2 aliphatic heterocycles. The highest BCUT2D eigenvalue weighted by molar-refractivity contribution is 9.10. The van der Waals surface area contributed by atoms with Crippen molar-refractivity contribution in [2.45, 2.75) is 50.7 Å². The van der Waals surface area contributed by atoms with Crippen molar-refractivity contribution in [1.29, 1.82) is 0 Å². The van der Waals surface area contributed by atoms with Crippen LogP contribution in [0.15, 0.2) is 25.7 Å². The lowest BCUT2D eigenvalue weighted by Gasteiger charge is -2.31. The van der Waals surface area contributed by atoms with E-state index in [9.17, 15) is 0 Å². The second-order valence-electron chi connectivity index (χ2n) is 7.24. The molecule has 0 saturated carbocycles. The summed E-state index contributed by atoms with van der Waals surface area (Å²) in [5.74, 6) is 2.85. The van der Waals surface area contributed by atoms with Crippen molar-refractivity contribution in [2.24, 2.45) is 0 Å². The summed E-state index contributed by atoms with van der Waals surface area (Å²) in [5, 5.41) is 4.11. The first-order valence-corrected chi connectivity index (χ1v) is 10.5. The van der Waals surface area contributed by atoms with E-state index in [-0.39, 0.29) is 0 Å². The molecule has 148 valence electrons. The maximum atomic E-state index is 6.05. The Morgan fingerprint density at radius 1 is 1.15 bits per heavy atom. The van der Waals surface area contributed by atoms with Crippen LogP contribution < -0.4 is 0 Å². The Balaban J connectivity index is 1.15. The minimum Gasteiger partial charge on any atom is -0.453 e. The van der Waals surface area contributed by atoms with Crippen molar-refractivity contribution in [3.05, 3.63) is 34.3 Å². The maximum absolute atomic E-state index is 6.05. The number of ether oxygens (including phenoxy) is 2. The number of hydrogen-bond donors (Lipinski definition) is 0. The molecule has 0 aromatic carbocycles. The van der Waals surface area contributed by atoms with Crippen molar-refractivity contribution < 1.29 is 18.4 Å². The highest BCUT2D eigenvalue weighted by atomic mass is 79.9. The van der Waals surface area contributed by atoms with E-state index in [0.29, 0.717) is 25.0 Å². The van der Waals surface area contributed by atoms with Gasteiger partial charge in [-0.1, -0.05) is 5.16 Å². The zero-order valence-corrected chi connectivity index (χ0v) is 17.0. The van der Waals surface area contributed by atoms with Crippen molar-refractivity contribution >= 4 is 15.9 Å². The van der Waals surface area contributed by atoms with E-state index in [2.05, 4.69) is 31.0 Å². The zero-order valence-electron chi connectivity index (χ0n) is 15.4. The smallest absolute Gasteiger partial charge is 0.229 e. The third kappa shape index (κ3) is 5.40. The average molecular weight is 440 g/mol. The van der Waals surface area contributed by atoms with E-state index in [0.717, 1.165) is 80.7 Å². The number of likely N-dealkylation sites (tertiary alicyclic amines) is 1. The maximum Gasteiger partial charge on any atom is 0.229 e. The molecule has 0 amide bonds. The van der Waals surface area contributed by atoms with E-state index in [1.54, 1.807) is 0 Å². The first-order valence-electron chi connectivity index (χ1n) is 9.74. The van der Waals surface area contributed by atoms with Gasteiger partial charge in [0.25, 0.3) is 0 Å². The number of hydrogen-bond acceptors (Lipinski definition) is 7. The van der Waals surface area contributed by atoms with Crippen molar-refractivity contribution in [2.75, 3.05) is 32.9 Å². The molecule has 0 atom stereocenters. The summed E-state index contributed by atoms with van der Waals surface area (Å²) in [7, 11) is 0. The van der Waals surface area contributed by atoms with E-state index in [4.69, 9.17) is 18.4 Å². The summed E-state index contributed by atoms with van der Waals surface area (Å²) < 4.78 is 23.2. The first kappa shape index (κ1) is 19.1. The van der Waals surface area contributed by atoms with Gasteiger partial charge < -0.3 is 18.4 Å². The van der Waals surface area contributed by atoms with Crippen LogP contribution in [-0.4, -0.2) is 54.1 Å². The molecular formula is C19H26BrN3O4. The van der Waals surface area contributed by atoms with Crippen LogP contribution in [0.2, 0.25) is 0 Å². The minimum absolute atomic E-state index is 0.312. The van der Waals surface area contributed by atoms with Gasteiger partial charge in [0, 0.05) is 38.6 Å². The Morgan fingerprint density at radius 2 is 1.96 bits per heavy atom. The van der Waals surface area contributed by atoms with Crippen molar-refractivity contribution in [3.8, 4) is 0 Å². The predicted molar refractivity (Wildman–Crippen MR) is 101 cm³/mol. The quantitative estimate of drug-likeness (QED) is 0.652. The van der Waals surface area contributed by atoms with Gasteiger partial charge in [-0.25, -0.2) is 0 Å². The fourth-order valence-electron chi connectivity index (χ4n) is 3.69. The van der Waals surface area contributed by atoms with Crippen LogP contribution in [0.5, 0.6) is 0 Å². The van der Waals surface area contributed by atoms with E-state index in [1.807, 2.05) is 12.1 Å². The second-order valence-corrected chi connectivity index (χ2v) is 8.02. The van der Waals surface area contributed by atoms with Gasteiger partial charge in [-0.2, -0.15) is 4.98 Å². The topological polar surface area (TPSA) is 73.8 Å². The van der Waals surface area contributed by atoms with Crippen molar-refractivity contribution in [3.63, 3.8) is 0 Å². The minimum atomic E-state index is 0.312. The molecule has 2 fully saturated rings. The van der Waals surface area contributed by atoms with Gasteiger partial charge in [0.1, 0.15) is 5.76 Å². The van der Waals surface area contributed by atoms with Crippen LogP contribution in [-0.2, 0) is 22.4 Å². The van der Waals surface area contributed by atoms with Crippen LogP contribution in [0, 0.1) is 0 Å². The third-order valence-corrected chi connectivity index (χ3v) is 5.70. The third-order valence-electron chi connectivity index (χ3n) is 5.28. The lowest BCUT2D eigenvalue weighted by atomic mass is 10.0. The van der Waals surface area contributed by atoms with Gasteiger partial charge in [-0.05, 0) is 53.7 Å². The summed E-state index contributed by atoms with van der Waals surface area (Å²) in [5.41, 5.74) is 0. The molecule has 8 heteroatoms. The van der Waals surface area contributed by atoms with Gasteiger partial charge in [0.2, 0.25) is 5.89 Å². The molecule has 0 radical (unpaired) electrons. The van der Waals surface area contributed by atoms with E-state index >= 15 is 0 Å². The molecule has 2 aliphatic rings. The Morgan fingerprint density at radius 3 is 2.70 bits per heavy atom. The highest BCUT2D eigenvalue weighted by Gasteiger charge is 2.23. The number of nitrogens with zero attached hydrogens (tertiary/aromatic N) is 3. The largest absolute Gasteiger partial charge is 0.453 e. The highest BCUT2D eigenvalue weighted by Crippen LogP contribution is 2.25. The standard InChI is InChI=1S/C19H26BrN3O4/c20-17-2-1-16(26-17)13-23-8-3-15(4-9-23)25-12-7-18-21-19(27-22-18)14-5-10-24-11-6-14/h1-2,14-15H,3-13H2. The molecule has 27 heavy (non-hydrogen) atoms. The molecule has 4 heterocycles. The number of furan rings is 1. The van der Waals surface area contributed by atoms with Crippen LogP contribution in [0.1, 0.15) is 49.1 Å². The average Bonchev–Trinajstić information content (AvgIpc) is 3.33. The van der Waals surface area contributed by atoms with Gasteiger partial charge in [-0.15, -0.1) is 0 Å². The van der Waals surface area contributed by atoms with Crippen LogP contribution in [0.25, 0.3) is 0 Å². The lowest BCUT2D eigenvalue weighted by Crippen LogP contribution is -2.36. The monoisotopic (exact) mass is 439 g/mol. The number of rotatable bonds is 7. The Kier molecular flexibility index (Phi) is 6.60. The molecule has 2 aromatic rings. The summed E-state index contributed by atoms with van der Waals surface area (Å²) >= 11 is 3.35. The van der Waals surface area contributed by atoms with Crippen LogP contribution >= 0.6 is 15.9 Å². The molecule has 0 unspecified atom stereocenters. The Hall–Kier alpha value is -1.22. The molecule has 2 aromatic heterocycles. The fourth-order valence-corrected chi connectivity index (χ4v) is 4.03. The molecule has 0 N–H and O–H groups in total. The second kappa shape index (κ2) is 9.32. The van der Waals surface area contributed by atoms with E-state index in [1.165, 1.54) is 0 Å². The summed E-state index contributed by atoms with van der Waals surface area (Å²) in [6, 6.07) is 3.96. The molecule has 0 aliphatic carbocycles. The molecule has 4 rings (SSSR count). The van der Waals surface area contributed by atoms with Crippen LogP contribution in [0.4, 0.5) is 0 Å². The predicted octanol–water partition coefficient (Wildman–Crippen LogP) is 3.54. The fraction of sp³-hybridized carbons (Fsp3) is 0.684. The first-order chi connectivity index (χ1) is 13.3. The summed E-state index contributed by atoms with van der Waals surface area (Å²) in [6.07, 6.45) is 5.03. The molecule has 0 spiro atoms. The number of aromatic nitrogens is 2.